The van der Waals surface area contributed by atoms with Crippen molar-refractivity contribution in [3.8, 4) is 0 Å². The van der Waals surface area contributed by atoms with Gasteiger partial charge in [-0.25, -0.2) is 0 Å². The Balaban J connectivity index is 0. The first-order valence-corrected chi connectivity index (χ1v) is 7.33. The SMILES string of the molecule is CCCOC(Br)[SiH](C)C.[MgH2]. The Morgan fingerprint density at radius 3 is 2.30 bits per heavy atom. The molecule has 1 unspecified atom stereocenters. The molecule has 0 fully saturated rings. The molecule has 1 nitrogen and oxygen atoms in total. The van der Waals surface area contributed by atoms with Crippen LogP contribution in [0.5, 0.6) is 0 Å². The topological polar surface area (TPSA) is 9.23 Å². The summed E-state index contributed by atoms with van der Waals surface area (Å²) < 4.78 is 5.80. The Morgan fingerprint density at radius 2 is 2.00 bits per heavy atom. The number of halogens is 1. The summed E-state index contributed by atoms with van der Waals surface area (Å²) in [4.78, 5) is 0. The predicted molar refractivity (Wildman–Crippen MR) is 56.4 cm³/mol. The van der Waals surface area contributed by atoms with E-state index < -0.39 is 8.80 Å². The quantitative estimate of drug-likeness (QED) is 0.528. The molecule has 0 saturated heterocycles. The van der Waals surface area contributed by atoms with E-state index in [0.29, 0.717) is 4.64 Å². The Morgan fingerprint density at radius 1 is 1.50 bits per heavy atom. The molecule has 0 aromatic heterocycles. The van der Waals surface area contributed by atoms with E-state index in [9.17, 15) is 0 Å². The minimum atomic E-state index is -0.602. The minimum Gasteiger partial charge on any atom is -0.371 e. The second kappa shape index (κ2) is 8.52. The third-order valence-electron chi connectivity index (χ3n) is 1.01. The van der Waals surface area contributed by atoms with Gasteiger partial charge in [0, 0.05) is 6.61 Å². The molecule has 0 rings (SSSR count). The van der Waals surface area contributed by atoms with Crippen LogP contribution in [-0.2, 0) is 4.74 Å². The molecule has 0 heterocycles. The summed E-state index contributed by atoms with van der Waals surface area (Å²) in [5.74, 6) is 0. The van der Waals surface area contributed by atoms with Gasteiger partial charge in [-0.15, -0.1) is 0 Å². The molecule has 0 amide bonds. The van der Waals surface area contributed by atoms with E-state index in [0.717, 1.165) is 13.0 Å². The van der Waals surface area contributed by atoms with Crippen LogP contribution in [0.15, 0.2) is 0 Å². The van der Waals surface area contributed by atoms with Crippen molar-refractivity contribution in [3.63, 3.8) is 0 Å². The average molecular weight is 237 g/mol. The molecule has 0 radical (unpaired) electrons. The molecular formula is C6H17BrMgOSi. The Kier molecular flexibility index (Phi) is 11.9. The van der Waals surface area contributed by atoms with Gasteiger partial charge < -0.3 is 4.74 Å². The molecule has 0 aliphatic heterocycles. The van der Waals surface area contributed by atoms with Crippen LogP contribution < -0.4 is 0 Å². The Hall–Kier alpha value is 1.42. The number of alkyl halides is 1. The van der Waals surface area contributed by atoms with Gasteiger partial charge in [0.1, 0.15) is 0 Å². The lowest BCUT2D eigenvalue weighted by Crippen LogP contribution is -2.21. The van der Waals surface area contributed by atoms with Gasteiger partial charge in [-0.05, 0) is 6.42 Å². The molecule has 0 aliphatic carbocycles. The monoisotopic (exact) mass is 236 g/mol. The van der Waals surface area contributed by atoms with Gasteiger partial charge in [0.25, 0.3) is 0 Å². The standard InChI is InChI=1S/C6H15BrOSi.Mg.2H/c1-4-5-8-6(7)9(2)3;;;/h6,9H,4-5H2,1-3H3;;;. The van der Waals surface area contributed by atoms with Crippen LogP contribution in [0.3, 0.4) is 0 Å². The summed E-state index contributed by atoms with van der Waals surface area (Å²) in [5, 5.41) is 0. The molecule has 0 spiro atoms. The number of rotatable bonds is 4. The second-order valence-electron chi connectivity index (χ2n) is 2.47. The molecule has 0 bridgehead atoms. The number of hydrogen-bond acceptors (Lipinski definition) is 1. The summed E-state index contributed by atoms with van der Waals surface area (Å²) in [5.41, 5.74) is 0. The summed E-state index contributed by atoms with van der Waals surface area (Å²) in [6.45, 7) is 7.56. The van der Waals surface area contributed by atoms with Crippen molar-refractivity contribution in [1.82, 2.24) is 0 Å². The van der Waals surface area contributed by atoms with E-state index in [4.69, 9.17) is 4.74 Å². The number of hydrogen-bond donors (Lipinski definition) is 0. The highest BCUT2D eigenvalue weighted by atomic mass is 79.9. The molecule has 0 aliphatic rings. The van der Waals surface area contributed by atoms with Crippen LogP contribution in [0.25, 0.3) is 0 Å². The van der Waals surface area contributed by atoms with E-state index in [-0.39, 0.29) is 23.1 Å². The fourth-order valence-corrected chi connectivity index (χ4v) is 1.13. The van der Waals surface area contributed by atoms with Gasteiger partial charge in [0.15, 0.2) is 0 Å². The maximum Gasteiger partial charge on any atom is 0.316 e. The molecule has 0 saturated carbocycles. The molecule has 60 valence electrons. The summed E-state index contributed by atoms with van der Waals surface area (Å²) in [6.07, 6.45) is 1.11. The lowest BCUT2D eigenvalue weighted by molar-refractivity contribution is 0.159. The second-order valence-corrected chi connectivity index (χ2v) is 7.44. The van der Waals surface area contributed by atoms with E-state index in [1.807, 2.05) is 0 Å². The molecule has 10 heavy (non-hydrogen) atoms. The van der Waals surface area contributed by atoms with Gasteiger partial charge in [-0.3, -0.25) is 0 Å². The van der Waals surface area contributed by atoms with Crippen LogP contribution in [0, 0.1) is 0 Å². The Bertz CT molecular complexity index is 72.8. The summed E-state index contributed by atoms with van der Waals surface area (Å²) in [6, 6.07) is 0. The van der Waals surface area contributed by atoms with Crippen molar-refractivity contribution in [2.24, 2.45) is 0 Å². The van der Waals surface area contributed by atoms with Gasteiger partial charge in [0.2, 0.25) is 0 Å². The highest BCUT2D eigenvalue weighted by Crippen LogP contribution is 2.06. The van der Waals surface area contributed by atoms with Gasteiger partial charge in [-0.2, -0.15) is 0 Å². The van der Waals surface area contributed by atoms with Crippen molar-refractivity contribution >= 4 is 47.8 Å². The zero-order valence-corrected chi connectivity index (χ0v) is 9.10. The smallest absolute Gasteiger partial charge is 0.316 e. The maximum atomic E-state index is 5.43. The average Bonchev–Trinajstić information content (AvgIpc) is 1.82. The van der Waals surface area contributed by atoms with Crippen molar-refractivity contribution in [1.29, 1.82) is 0 Å². The minimum absolute atomic E-state index is 0. The van der Waals surface area contributed by atoms with E-state index >= 15 is 0 Å². The lowest BCUT2D eigenvalue weighted by Gasteiger charge is -2.12. The van der Waals surface area contributed by atoms with Crippen LogP contribution >= 0.6 is 15.9 Å². The fourth-order valence-electron chi connectivity index (χ4n) is 0.423. The van der Waals surface area contributed by atoms with Gasteiger partial charge in [0.05, 0.1) is 13.4 Å². The third kappa shape index (κ3) is 7.53. The number of ether oxygens (including phenoxy) is 1. The van der Waals surface area contributed by atoms with Gasteiger partial charge in [-0.1, -0.05) is 35.9 Å². The van der Waals surface area contributed by atoms with Crippen LogP contribution in [0.4, 0.5) is 0 Å². The van der Waals surface area contributed by atoms with Crippen molar-refractivity contribution < 1.29 is 4.74 Å². The molecular weight excluding hydrogens is 220 g/mol. The first kappa shape index (κ1) is 14.0. The van der Waals surface area contributed by atoms with Crippen molar-refractivity contribution in [2.45, 2.75) is 31.1 Å². The molecule has 0 N–H and O–H groups in total. The van der Waals surface area contributed by atoms with E-state index in [2.05, 4.69) is 35.9 Å². The maximum absolute atomic E-state index is 5.43. The highest BCUT2D eigenvalue weighted by Gasteiger charge is 2.08. The van der Waals surface area contributed by atoms with Crippen LogP contribution in [-0.4, -0.2) is 43.1 Å². The summed E-state index contributed by atoms with van der Waals surface area (Å²) >= 11 is 3.48. The molecule has 1 atom stereocenters. The first-order chi connectivity index (χ1) is 4.18. The first-order valence-electron chi connectivity index (χ1n) is 3.44. The van der Waals surface area contributed by atoms with Crippen molar-refractivity contribution in [2.75, 3.05) is 6.61 Å². The fraction of sp³-hybridized carbons (Fsp3) is 1.00. The molecule has 4 heteroatoms. The lowest BCUT2D eigenvalue weighted by atomic mass is 10.5. The van der Waals surface area contributed by atoms with Crippen LogP contribution in [0.2, 0.25) is 13.1 Å². The zero-order valence-electron chi connectivity index (χ0n) is 6.36. The summed E-state index contributed by atoms with van der Waals surface area (Å²) in [7, 11) is -0.602. The molecule has 0 aromatic carbocycles. The van der Waals surface area contributed by atoms with Crippen molar-refractivity contribution in [3.05, 3.63) is 0 Å². The highest BCUT2D eigenvalue weighted by molar-refractivity contribution is 9.10. The van der Waals surface area contributed by atoms with E-state index in [1.165, 1.54) is 0 Å². The van der Waals surface area contributed by atoms with Gasteiger partial charge >= 0.3 is 23.1 Å². The Labute approximate surface area is 89.8 Å². The van der Waals surface area contributed by atoms with E-state index in [1.54, 1.807) is 0 Å². The largest absolute Gasteiger partial charge is 0.371 e. The third-order valence-corrected chi connectivity index (χ3v) is 5.68. The van der Waals surface area contributed by atoms with Crippen LogP contribution in [0.1, 0.15) is 13.3 Å². The zero-order chi connectivity index (χ0) is 7.28. The normalized spacial score (nSPS) is 12.9. The molecule has 0 aromatic rings. The predicted octanol–water partition coefficient (Wildman–Crippen LogP) is 1.24.